The number of ether oxygens (including phenoxy) is 1. The smallest absolute Gasteiger partial charge is 0.305 e. The molecule has 0 aromatic carbocycles. The second-order valence-electron chi connectivity index (χ2n) is 20.0. The van der Waals surface area contributed by atoms with Crippen molar-refractivity contribution in [2.24, 2.45) is 0 Å². The Bertz CT molecular complexity index is 955. The zero-order valence-electron chi connectivity index (χ0n) is 43.3. The van der Waals surface area contributed by atoms with Crippen LogP contribution in [0.5, 0.6) is 0 Å². The molecule has 0 radical (unpaired) electrons. The lowest BCUT2D eigenvalue weighted by atomic mass is 10.0. The van der Waals surface area contributed by atoms with Gasteiger partial charge in [0.1, 0.15) is 0 Å². The number of carbonyl (C=O) groups excluding carboxylic acids is 2. The molecule has 0 saturated carbocycles. The fraction of sp³-hybridized carbons (Fsp3) is 0.931. The molecule has 0 aromatic heterocycles. The highest BCUT2D eigenvalue weighted by molar-refractivity contribution is 5.76. The van der Waals surface area contributed by atoms with Crippen LogP contribution in [0.2, 0.25) is 0 Å². The predicted octanol–water partition coefficient (Wildman–Crippen LogP) is 17.7. The van der Waals surface area contributed by atoms with Crippen molar-refractivity contribution >= 4 is 11.9 Å². The lowest BCUT2D eigenvalue weighted by molar-refractivity contribution is -0.143. The first-order valence-corrected chi connectivity index (χ1v) is 29.0. The molecular formula is C58H113NO5. The van der Waals surface area contributed by atoms with E-state index in [9.17, 15) is 19.8 Å². The molecule has 64 heavy (non-hydrogen) atoms. The summed E-state index contributed by atoms with van der Waals surface area (Å²) in [7, 11) is 0. The molecule has 3 N–H and O–H groups in total. The molecule has 2 unspecified atom stereocenters. The third kappa shape index (κ3) is 50.0. The fourth-order valence-electron chi connectivity index (χ4n) is 9.11. The number of esters is 1. The number of allylic oxidation sites excluding steroid dienone is 1. The van der Waals surface area contributed by atoms with E-state index in [1.165, 1.54) is 238 Å². The molecule has 1 amide bonds. The van der Waals surface area contributed by atoms with Crippen LogP contribution in [-0.2, 0) is 14.3 Å². The van der Waals surface area contributed by atoms with Crippen LogP contribution in [-0.4, -0.2) is 47.4 Å². The normalized spacial score (nSPS) is 12.6. The van der Waals surface area contributed by atoms with Crippen LogP contribution in [0.3, 0.4) is 0 Å². The van der Waals surface area contributed by atoms with Gasteiger partial charge in [0.25, 0.3) is 0 Å². The quantitative estimate of drug-likeness (QED) is 0.0321. The molecule has 0 aliphatic rings. The topological polar surface area (TPSA) is 95.9 Å². The van der Waals surface area contributed by atoms with Crippen LogP contribution >= 0.6 is 0 Å². The first-order chi connectivity index (χ1) is 31.5. The molecule has 0 aromatic rings. The van der Waals surface area contributed by atoms with Crippen molar-refractivity contribution in [1.82, 2.24) is 5.32 Å². The molecule has 0 aliphatic carbocycles. The van der Waals surface area contributed by atoms with Crippen molar-refractivity contribution in [2.75, 3.05) is 13.2 Å². The van der Waals surface area contributed by atoms with Gasteiger partial charge >= 0.3 is 5.97 Å². The average molecular weight is 905 g/mol. The van der Waals surface area contributed by atoms with Crippen molar-refractivity contribution in [3.05, 3.63) is 12.2 Å². The number of nitrogens with one attached hydrogen (secondary N) is 1. The van der Waals surface area contributed by atoms with Crippen LogP contribution in [0.15, 0.2) is 12.2 Å². The van der Waals surface area contributed by atoms with E-state index >= 15 is 0 Å². The van der Waals surface area contributed by atoms with Crippen molar-refractivity contribution in [3.63, 3.8) is 0 Å². The Labute approximate surface area is 399 Å². The number of rotatable bonds is 54. The first kappa shape index (κ1) is 62.6. The molecule has 0 bridgehead atoms. The Morgan fingerprint density at radius 3 is 1.06 bits per heavy atom. The van der Waals surface area contributed by atoms with Crippen molar-refractivity contribution in [2.45, 2.75) is 334 Å². The van der Waals surface area contributed by atoms with Gasteiger partial charge in [-0.2, -0.15) is 0 Å². The second-order valence-corrected chi connectivity index (χ2v) is 20.0. The monoisotopic (exact) mass is 904 g/mol. The highest BCUT2D eigenvalue weighted by Crippen LogP contribution is 2.17. The maximum atomic E-state index is 12.5. The molecule has 0 fully saturated rings. The third-order valence-electron chi connectivity index (χ3n) is 13.6. The Hall–Kier alpha value is -1.40. The van der Waals surface area contributed by atoms with E-state index in [0.29, 0.717) is 19.4 Å². The fourth-order valence-corrected chi connectivity index (χ4v) is 9.11. The van der Waals surface area contributed by atoms with Gasteiger partial charge in [-0.25, -0.2) is 0 Å². The van der Waals surface area contributed by atoms with Crippen LogP contribution < -0.4 is 5.32 Å². The van der Waals surface area contributed by atoms with Crippen molar-refractivity contribution in [3.8, 4) is 0 Å². The van der Waals surface area contributed by atoms with Gasteiger partial charge in [-0.05, 0) is 32.1 Å². The van der Waals surface area contributed by atoms with Gasteiger partial charge in [-0.15, -0.1) is 0 Å². The number of amides is 1. The van der Waals surface area contributed by atoms with Gasteiger partial charge < -0.3 is 20.3 Å². The zero-order valence-corrected chi connectivity index (χ0v) is 43.3. The van der Waals surface area contributed by atoms with E-state index in [4.69, 9.17) is 4.74 Å². The molecular weight excluding hydrogens is 791 g/mol. The van der Waals surface area contributed by atoms with Crippen LogP contribution in [0.25, 0.3) is 0 Å². The number of unbranched alkanes of at least 4 members (excludes halogenated alkanes) is 43. The molecule has 0 spiro atoms. The van der Waals surface area contributed by atoms with E-state index in [2.05, 4.69) is 19.2 Å². The summed E-state index contributed by atoms with van der Waals surface area (Å²) in [5.74, 6) is -0.0802. The summed E-state index contributed by atoms with van der Waals surface area (Å²) in [6.45, 7) is 4.90. The predicted molar refractivity (Wildman–Crippen MR) is 278 cm³/mol. The molecule has 0 saturated heterocycles. The number of hydrogen-bond acceptors (Lipinski definition) is 5. The number of aliphatic hydroxyl groups is 2. The first-order valence-electron chi connectivity index (χ1n) is 29.0. The molecule has 0 heterocycles. The Morgan fingerprint density at radius 2 is 0.719 bits per heavy atom. The molecule has 0 aliphatic heterocycles. The van der Waals surface area contributed by atoms with Gasteiger partial charge in [-0.3, -0.25) is 9.59 Å². The van der Waals surface area contributed by atoms with Gasteiger partial charge in [0, 0.05) is 12.8 Å². The summed E-state index contributed by atoms with van der Waals surface area (Å²) < 4.78 is 5.48. The van der Waals surface area contributed by atoms with Crippen LogP contribution in [0.4, 0.5) is 0 Å². The summed E-state index contributed by atoms with van der Waals surface area (Å²) in [5.41, 5.74) is 0. The van der Waals surface area contributed by atoms with Gasteiger partial charge in [-0.1, -0.05) is 289 Å². The van der Waals surface area contributed by atoms with Crippen LogP contribution in [0.1, 0.15) is 322 Å². The summed E-state index contributed by atoms with van der Waals surface area (Å²) in [4.78, 5) is 24.5. The standard InChI is InChI=1S/C58H113NO5/c1-3-5-7-9-11-13-15-17-19-21-23-26-30-34-38-42-46-50-56(61)55(54-60)59-57(62)51-47-43-39-35-31-27-25-29-33-37-41-45-49-53-64-58(63)52-48-44-40-36-32-28-24-22-20-18-16-14-12-10-8-6-4-2/h46,50,55-56,60-61H,3-45,47-49,51-54H2,1-2H3,(H,59,62)/b50-46+. The molecule has 0 rings (SSSR count). The Balaban J connectivity index is 3.45. The molecule has 380 valence electrons. The highest BCUT2D eigenvalue weighted by atomic mass is 16.5. The molecule has 6 nitrogen and oxygen atoms in total. The van der Waals surface area contributed by atoms with E-state index in [0.717, 1.165) is 57.8 Å². The zero-order chi connectivity index (χ0) is 46.5. The maximum Gasteiger partial charge on any atom is 0.305 e. The SMILES string of the molecule is CCCCCCCCCCCCCCCCC/C=C/C(O)C(CO)NC(=O)CCCCCCCCCCCCCCCOC(=O)CCCCCCCCCCCCCCCCCCC. The Kier molecular flexibility index (Phi) is 53.0. The summed E-state index contributed by atoms with van der Waals surface area (Å²) in [6, 6.07) is -0.636. The summed E-state index contributed by atoms with van der Waals surface area (Å²) in [6.07, 6.45) is 63.7. The van der Waals surface area contributed by atoms with E-state index in [1.807, 2.05) is 6.08 Å². The minimum Gasteiger partial charge on any atom is -0.466 e. The summed E-state index contributed by atoms with van der Waals surface area (Å²) >= 11 is 0. The Morgan fingerprint density at radius 1 is 0.422 bits per heavy atom. The third-order valence-corrected chi connectivity index (χ3v) is 13.6. The highest BCUT2D eigenvalue weighted by Gasteiger charge is 2.18. The maximum absolute atomic E-state index is 12.5. The van der Waals surface area contributed by atoms with Crippen LogP contribution in [0, 0.1) is 0 Å². The average Bonchev–Trinajstić information content (AvgIpc) is 3.29. The lowest BCUT2D eigenvalue weighted by Crippen LogP contribution is -2.45. The number of hydrogen-bond donors (Lipinski definition) is 3. The lowest BCUT2D eigenvalue weighted by Gasteiger charge is -2.20. The second kappa shape index (κ2) is 54.2. The van der Waals surface area contributed by atoms with E-state index < -0.39 is 12.1 Å². The minimum atomic E-state index is -0.852. The van der Waals surface area contributed by atoms with Gasteiger partial charge in [0.05, 0.1) is 25.4 Å². The largest absolute Gasteiger partial charge is 0.466 e. The molecule has 2 atom stereocenters. The van der Waals surface area contributed by atoms with Gasteiger partial charge in [0.15, 0.2) is 0 Å². The summed E-state index contributed by atoms with van der Waals surface area (Å²) in [5, 5.41) is 23.1. The number of carbonyl (C=O) groups is 2. The van der Waals surface area contributed by atoms with Crippen molar-refractivity contribution < 1.29 is 24.5 Å². The van der Waals surface area contributed by atoms with Crippen molar-refractivity contribution in [1.29, 1.82) is 0 Å². The molecule has 6 heteroatoms. The van der Waals surface area contributed by atoms with Gasteiger partial charge in [0.2, 0.25) is 5.91 Å². The van der Waals surface area contributed by atoms with E-state index in [1.54, 1.807) is 6.08 Å². The number of aliphatic hydroxyl groups excluding tert-OH is 2. The van der Waals surface area contributed by atoms with E-state index in [-0.39, 0.29) is 18.5 Å². The minimum absolute atomic E-state index is 0.00226.